The van der Waals surface area contributed by atoms with E-state index in [0.717, 1.165) is 17.6 Å². The smallest absolute Gasteiger partial charge is 0.168 e. The van der Waals surface area contributed by atoms with Crippen LogP contribution < -0.4 is 5.32 Å². The normalized spacial score (nSPS) is 26.2. The van der Waals surface area contributed by atoms with Crippen molar-refractivity contribution in [3.05, 3.63) is 0 Å². The molecule has 1 N–H and O–H groups in total. The third kappa shape index (κ3) is 4.09. The Kier molecular flexibility index (Phi) is 5.25. The summed E-state index contributed by atoms with van der Waals surface area (Å²) < 4.78 is 0. The molecule has 1 unspecified atom stereocenters. The molecule has 1 saturated heterocycles. The van der Waals surface area contributed by atoms with Crippen molar-refractivity contribution in [2.75, 3.05) is 33.7 Å². The SMILES string of the molecule is CN1CCC(CN(C)C(=S)NC2CCCCC2)C1. The molecule has 0 aromatic carbocycles. The van der Waals surface area contributed by atoms with Gasteiger partial charge >= 0.3 is 0 Å². The number of hydrogen-bond acceptors (Lipinski definition) is 2. The van der Waals surface area contributed by atoms with Crippen molar-refractivity contribution in [3.8, 4) is 0 Å². The molecule has 1 aliphatic heterocycles. The molecule has 0 aromatic rings. The van der Waals surface area contributed by atoms with Crippen LogP contribution in [0.2, 0.25) is 0 Å². The molecule has 0 spiro atoms. The predicted molar refractivity (Wildman–Crippen MR) is 80.8 cm³/mol. The van der Waals surface area contributed by atoms with E-state index in [1.807, 2.05) is 0 Å². The lowest BCUT2D eigenvalue weighted by atomic mass is 9.96. The van der Waals surface area contributed by atoms with Gasteiger partial charge in [-0.25, -0.2) is 0 Å². The number of rotatable bonds is 3. The minimum atomic E-state index is 0.625. The van der Waals surface area contributed by atoms with Gasteiger partial charge in [-0.2, -0.15) is 0 Å². The van der Waals surface area contributed by atoms with Crippen LogP contribution in [-0.2, 0) is 0 Å². The second-order valence-corrected chi connectivity index (χ2v) is 6.47. The number of likely N-dealkylation sites (tertiary alicyclic amines) is 1. The van der Waals surface area contributed by atoms with Gasteiger partial charge in [-0.15, -0.1) is 0 Å². The summed E-state index contributed by atoms with van der Waals surface area (Å²) in [6, 6.07) is 0.625. The number of thiocarbonyl (C=S) groups is 1. The first kappa shape index (κ1) is 14.1. The first-order chi connectivity index (χ1) is 8.65. The summed E-state index contributed by atoms with van der Waals surface area (Å²) in [6.45, 7) is 3.56. The number of hydrogen-bond donors (Lipinski definition) is 1. The van der Waals surface area contributed by atoms with Crippen molar-refractivity contribution < 1.29 is 0 Å². The van der Waals surface area contributed by atoms with Crippen molar-refractivity contribution in [1.82, 2.24) is 15.1 Å². The molecule has 2 aliphatic rings. The van der Waals surface area contributed by atoms with Crippen molar-refractivity contribution in [2.24, 2.45) is 5.92 Å². The van der Waals surface area contributed by atoms with E-state index in [-0.39, 0.29) is 0 Å². The monoisotopic (exact) mass is 269 g/mol. The molecule has 2 rings (SSSR count). The zero-order valence-corrected chi connectivity index (χ0v) is 12.6. The topological polar surface area (TPSA) is 18.5 Å². The molecule has 4 heteroatoms. The molecular weight excluding hydrogens is 242 g/mol. The fourth-order valence-electron chi connectivity index (χ4n) is 3.18. The van der Waals surface area contributed by atoms with Gasteiger partial charge in [-0.05, 0) is 51.0 Å². The van der Waals surface area contributed by atoms with Gasteiger partial charge in [0.15, 0.2) is 5.11 Å². The van der Waals surface area contributed by atoms with E-state index >= 15 is 0 Å². The van der Waals surface area contributed by atoms with Gasteiger partial charge < -0.3 is 15.1 Å². The Morgan fingerprint density at radius 1 is 1.28 bits per heavy atom. The van der Waals surface area contributed by atoms with Gasteiger partial charge in [-0.1, -0.05) is 19.3 Å². The standard InChI is InChI=1S/C14H27N3S/c1-16-9-8-12(10-16)11-17(2)14(18)15-13-6-4-3-5-7-13/h12-13H,3-11H2,1-2H3,(H,15,18). The van der Waals surface area contributed by atoms with Crippen LogP contribution in [0.1, 0.15) is 38.5 Å². The minimum Gasteiger partial charge on any atom is -0.360 e. The van der Waals surface area contributed by atoms with Crippen molar-refractivity contribution in [3.63, 3.8) is 0 Å². The van der Waals surface area contributed by atoms with Crippen LogP contribution in [0.3, 0.4) is 0 Å². The molecule has 0 aromatic heterocycles. The summed E-state index contributed by atoms with van der Waals surface area (Å²) in [7, 11) is 4.34. The summed E-state index contributed by atoms with van der Waals surface area (Å²) in [5.74, 6) is 0.783. The average molecular weight is 269 g/mol. The largest absolute Gasteiger partial charge is 0.360 e. The summed E-state index contributed by atoms with van der Waals surface area (Å²) in [4.78, 5) is 4.66. The van der Waals surface area contributed by atoms with Crippen LogP contribution in [0.4, 0.5) is 0 Å². The highest BCUT2D eigenvalue weighted by molar-refractivity contribution is 7.80. The summed E-state index contributed by atoms with van der Waals surface area (Å²) in [5, 5.41) is 4.50. The average Bonchev–Trinajstić information content (AvgIpc) is 2.76. The predicted octanol–water partition coefficient (Wildman–Crippen LogP) is 2.08. The highest BCUT2D eigenvalue weighted by atomic mass is 32.1. The Morgan fingerprint density at radius 2 is 2.00 bits per heavy atom. The molecule has 104 valence electrons. The molecule has 1 aliphatic carbocycles. The molecule has 0 bridgehead atoms. The Bertz CT molecular complexity index is 276. The molecule has 1 saturated carbocycles. The molecule has 3 nitrogen and oxygen atoms in total. The first-order valence-electron chi connectivity index (χ1n) is 7.35. The van der Waals surface area contributed by atoms with E-state index in [1.165, 1.54) is 51.6 Å². The van der Waals surface area contributed by atoms with Gasteiger partial charge in [0.1, 0.15) is 0 Å². The van der Waals surface area contributed by atoms with Crippen molar-refractivity contribution >= 4 is 17.3 Å². The highest BCUT2D eigenvalue weighted by Gasteiger charge is 2.22. The van der Waals surface area contributed by atoms with Crippen LogP contribution >= 0.6 is 12.2 Å². The zero-order valence-electron chi connectivity index (χ0n) is 11.8. The second-order valence-electron chi connectivity index (χ2n) is 6.08. The third-order valence-electron chi connectivity index (χ3n) is 4.30. The van der Waals surface area contributed by atoms with Crippen LogP contribution in [0.25, 0.3) is 0 Å². The van der Waals surface area contributed by atoms with Crippen LogP contribution in [-0.4, -0.2) is 54.7 Å². The minimum absolute atomic E-state index is 0.625. The molecular formula is C14H27N3S. The van der Waals surface area contributed by atoms with E-state index in [2.05, 4.69) is 29.2 Å². The maximum absolute atomic E-state index is 5.52. The van der Waals surface area contributed by atoms with Gasteiger partial charge in [-0.3, -0.25) is 0 Å². The fourth-order valence-corrected chi connectivity index (χ4v) is 3.42. The Hall–Kier alpha value is -0.350. The van der Waals surface area contributed by atoms with Gasteiger partial charge in [0, 0.05) is 26.2 Å². The Balaban J connectivity index is 1.70. The van der Waals surface area contributed by atoms with Crippen LogP contribution in [0.15, 0.2) is 0 Å². The van der Waals surface area contributed by atoms with E-state index in [0.29, 0.717) is 6.04 Å². The van der Waals surface area contributed by atoms with Crippen molar-refractivity contribution in [2.45, 2.75) is 44.6 Å². The summed E-state index contributed by atoms with van der Waals surface area (Å²) >= 11 is 5.52. The van der Waals surface area contributed by atoms with Crippen LogP contribution in [0.5, 0.6) is 0 Å². The molecule has 0 radical (unpaired) electrons. The molecule has 1 atom stereocenters. The summed E-state index contributed by atoms with van der Waals surface area (Å²) in [5.41, 5.74) is 0. The number of nitrogens with zero attached hydrogens (tertiary/aromatic N) is 2. The van der Waals surface area contributed by atoms with Gasteiger partial charge in [0.05, 0.1) is 0 Å². The zero-order chi connectivity index (χ0) is 13.0. The first-order valence-corrected chi connectivity index (χ1v) is 7.76. The maximum Gasteiger partial charge on any atom is 0.168 e. The second kappa shape index (κ2) is 6.71. The van der Waals surface area contributed by atoms with Gasteiger partial charge in [0.25, 0.3) is 0 Å². The Morgan fingerprint density at radius 3 is 2.61 bits per heavy atom. The molecule has 0 amide bonds. The van der Waals surface area contributed by atoms with E-state index < -0.39 is 0 Å². The fraction of sp³-hybridized carbons (Fsp3) is 0.929. The number of nitrogens with one attached hydrogen (secondary N) is 1. The maximum atomic E-state index is 5.52. The van der Waals surface area contributed by atoms with Crippen LogP contribution in [0, 0.1) is 5.92 Å². The van der Waals surface area contributed by atoms with E-state index in [9.17, 15) is 0 Å². The van der Waals surface area contributed by atoms with E-state index in [4.69, 9.17) is 12.2 Å². The third-order valence-corrected chi connectivity index (χ3v) is 4.73. The lowest BCUT2D eigenvalue weighted by Gasteiger charge is -2.29. The van der Waals surface area contributed by atoms with Crippen molar-refractivity contribution in [1.29, 1.82) is 0 Å². The molecule has 18 heavy (non-hydrogen) atoms. The summed E-state index contributed by atoms with van der Waals surface area (Å²) in [6.07, 6.45) is 8.01. The highest BCUT2D eigenvalue weighted by Crippen LogP contribution is 2.18. The quantitative estimate of drug-likeness (QED) is 0.790. The lowest BCUT2D eigenvalue weighted by Crippen LogP contribution is -2.45. The van der Waals surface area contributed by atoms with Gasteiger partial charge in [0.2, 0.25) is 0 Å². The van der Waals surface area contributed by atoms with E-state index in [1.54, 1.807) is 0 Å². The molecule has 2 fully saturated rings. The molecule has 1 heterocycles. The lowest BCUT2D eigenvalue weighted by molar-refractivity contribution is 0.344. The Labute approximate surface area is 117 Å².